The maximum Gasteiger partial charge on any atom is 0.374 e. The second-order valence-corrected chi connectivity index (χ2v) is 4.22. The van der Waals surface area contributed by atoms with Gasteiger partial charge < -0.3 is 9.15 Å². The third kappa shape index (κ3) is 2.46. The third-order valence-corrected chi connectivity index (χ3v) is 3.07. The quantitative estimate of drug-likeness (QED) is 0.646. The molecular weight excluding hydrogens is 300 g/mol. The Balaban J connectivity index is 2.57. The fourth-order valence-corrected chi connectivity index (χ4v) is 1.94. The van der Waals surface area contributed by atoms with Crippen molar-refractivity contribution < 1.29 is 13.9 Å². The molecule has 0 bridgehead atoms. The average molecular weight is 311 g/mol. The van der Waals surface area contributed by atoms with Gasteiger partial charge in [-0.1, -0.05) is 22.0 Å². The van der Waals surface area contributed by atoms with E-state index in [4.69, 9.17) is 9.15 Å². The lowest BCUT2D eigenvalue weighted by Crippen LogP contribution is -2.10. The molecule has 1 heterocycles. The van der Waals surface area contributed by atoms with Crippen molar-refractivity contribution in [3.63, 3.8) is 0 Å². The first-order valence-corrected chi connectivity index (χ1v) is 6.57. The van der Waals surface area contributed by atoms with Crippen molar-refractivity contribution in [1.29, 1.82) is 0 Å². The Morgan fingerprint density at radius 3 is 2.83 bits per heavy atom. The third-order valence-electron chi connectivity index (χ3n) is 2.42. The van der Waals surface area contributed by atoms with Gasteiger partial charge in [0.1, 0.15) is 5.58 Å². The SMILES string of the molecule is CCOC(=O)c1cc(=O)c2cc(CBr)ccc2o1. The standard InChI is InChI=1S/C13H11BrO4/c1-2-17-13(16)12-6-10(15)9-5-8(7-14)3-4-11(9)18-12/h3-6H,2,7H2,1H3. The van der Waals surface area contributed by atoms with Crippen LogP contribution in [-0.4, -0.2) is 12.6 Å². The van der Waals surface area contributed by atoms with Crippen LogP contribution in [0.2, 0.25) is 0 Å². The van der Waals surface area contributed by atoms with Gasteiger partial charge in [0, 0.05) is 11.4 Å². The molecule has 0 atom stereocenters. The van der Waals surface area contributed by atoms with Crippen LogP contribution in [0.3, 0.4) is 0 Å². The van der Waals surface area contributed by atoms with E-state index in [-0.39, 0.29) is 17.8 Å². The van der Waals surface area contributed by atoms with Gasteiger partial charge in [0.25, 0.3) is 0 Å². The summed E-state index contributed by atoms with van der Waals surface area (Å²) in [5, 5.41) is 1.11. The summed E-state index contributed by atoms with van der Waals surface area (Å²) in [4.78, 5) is 23.4. The minimum Gasteiger partial charge on any atom is -0.460 e. The van der Waals surface area contributed by atoms with Crippen molar-refractivity contribution in [3.05, 3.63) is 45.8 Å². The first-order chi connectivity index (χ1) is 8.65. The predicted octanol–water partition coefficient (Wildman–Crippen LogP) is 2.86. The van der Waals surface area contributed by atoms with Gasteiger partial charge in [-0.2, -0.15) is 0 Å². The molecule has 0 aliphatic rings. The number of halogens is 1. The van der Waals surface area contributed by atoms with Crippen LogP contribution in [0.4, 0.5) is 0 Å². The van der Waals surface area contributed by atoms with Crippen LogP contribution < -0.4 is 5.43 Å². The van der Waals surface area contributed by atoms with E-state index in [0.29, 0.717) is 16.3 Å². The lowest BCUT2D eigenvalue weighted by molar-refractivity contribution is 0.0490. The Morgan fingerprint density at radius 2 is 2.17 bits per heavy atom. The zero-order valence-electron chi connectivity index (χ0n) is 9.73. The highest BCUT2D eigenvalue weighted by atomic mass is 79.9. The molecule has 0 N–H and O–H groups in total. The number of hydrogen-bond donors (Lipinski definition) is 0. The second kappa shape index (κ2) is 5.35. The molecule has 4 nitrogen and oxygen atoms in total. The molecule has 0 amide bonds. The van der Waals surface area contributed by atoms with Gasteiger partial charge >= 0.3 is 5.97 Å². The summed E-state index contributed by atoms with van der Waals surface area (Å²) in [7, 11) is 0. The van der Waals surface area contributed by atoms with Crippen LogP contribution in [-0.2, 0) is 10.1 Å². The Kier molecular flexibility index (Phi) is 3.81. The van der Waals surface area contributed by atoms with E-state index in [9.17, 15) is 9.59 Å². The number of carbonyl (C=O) groups is 1. The normalized spacial score (nSPS) is 10.6. The number of hydrogen-bond acceptors (Lipinski definition) is 4. The van der Waals surface area contributed by atoms with E-state index in [2.05, 4.69) is 15.9 Å². The maximum atomic E-state index is 11.9. The molecule has 0 fully saturated rings. The van der Waals surface area contributed by atoms with Gasteiger partial charge in [-0.25, -0.2) is 4.79 Å². The Hall–Kier alpha value is -1.62. The lowest BCUT2D eigenvalue weighted by Gasteiger charge is -2.03. The minimum absolute atomic E-state index is 0.0686. The fraction of sp³-hybridized carbons (Fsp3) is 0.231. The van der Waals surface area contributed by atoms with E-state index in [1.165, 1.54) is 6.07 Å². The van der Waals surface area contributed by atoms with E-state index in [0.717, 1.165) is 5.56 Å². The molecule has 2 aromatic rings. The highest BCUT2D eigenvalue weighted by Gasteiger charge is 2.13. The summed E-state index contributed by atoms with van der Waals surface area (Å²) in [6.07, 6.45) is 0. The van der Waals surface area contributed by atoms with Crippen molar-refractivity contribution in [2.45, 2.75) is 12.3 Å². The molecule has 2 rings (SSSR count). The first-order valence-electron chi connectivity index (χ1n) is 5.45. The molecule has 1 aromatic heterocycles. The van der Waals surface area contributed by atoms with Crippen LogP contribution >= 0.6 is 15.9 Å². The van der Waals surface area contributed by atoms with Crippen molar-refractivity contribution in [2.24, 2.45) is 0 Å². The van der Waals surface area contributed by atoms with Crippen LogP contribution in [0.1, 0.15) is 23.0 Å². The summed E-state index contributed by atoms with van der Waals surface area (Å²) in [5.74, 6) is -0.693. The molecular formula is C13H11BrO4. The molecule has 0 aliphatic heterocycles. The van der Waals surface area contributed by atoms with Gasteiger partial charge in [-0.3, -0.25) is 4.79 Å². The summed E-state index contributed by atoms with van der Waals surface area (Å²) >= 11 is 3.32. The zero-order valence-corrected chi connectivity index (χ0v) is 11.3. The Labute approximate surface area is 112 Å². The van der Waals surface area contributed by atoms with Crippen molar-refractivity contribution in [3.8, 4) is 0 Å². The lowest BCUT2D eigenvalue weighted by atomic mass is 10.1. The smallest absolute Gasteiger partial charge is 0.374 e. The molecule has 0 spiro atoms. The summed E-state index contributed by atoms with van der Waals surface area (Å²) in [5.41, 5.74) is 1.11. The van der Waals surface area contributed by atoms with Crippen molar-refractivity contribution >= 4 is 32.9 Å². The van der Waals surface area contributed by atoms with E-state index in [1.807, 2.05) is 6.07 Å². The average Bonchev–Trinajstić information content (AvgIpc) is 2.38. The molecule has 0 unspecified atom stereocenters. The fourth-order valence-electron chi connectivity index (χ4n) is 1.59. The highest BCUT2D eigenvalue weighted by molar-refractivity contribution is 9.08. The molecule has 0 saturated carbocycles. The molecule has 5 heteroatoms. The molecule has 0 aliphatic carbocycles. The second-order valence-electron chi connectivity index (χ2n) is 3.66. The molecule has 0 saturated heterocycles. The number of rotatable bonds is 3. The number of benzene rings is 1. The van der Waals surface area contributed by atoms with Gasteiger partial charge in [0.05, 0.1) is 12.0 Å². The number of fused-ring (bicyclic) bond motifs is 1. The number of ether oxygens (including phenoxy) is 1. The highest BCUT2D eigenvalue weighted by Crippen LogP contribution is 2.16. The predicted molar refractivity (Wildman–Crippen MR) is 71.1 cm³/mol. The van der Waals surface area contributed by atoms with E-state index in [1.54, 1.807) is 19.1 Å². The van der Waals surface area contributed by atoms with Crippen molar-refractivity contribution in [1.82, 2.24) is 0 Å². The van der Waals surface area contributed by atoms with E-state index >= 15 is 0 Å². The molecule has 94 valence electrons. The van der Waals surface area contributed by atoms with Crippen LogP contribution in [0.25, 0.3) is 11.0 Å². The molecule has 18 heavy (non-hydrogen) atoms. The van der Waals surface area contributed by atoms with Crippen LogP contribution in [0.5, 0.6) is 0 Å². The van der Waals surface area contributed by atoms with Crippen LogP contribution in [0, 0.1) is 0 Å². The summed E-state index contributed by atoms with van der Waals surface area (Å²) in [6, 6.07) is 6.41. The van der Waals surface area contributed by atoms with Gasteiger partial charge in [0.2, 0.25) is 5.76 Å². The Morgan fingerprint density at radius 1 is 1.39 bits per heavy atom. The number of alkyl halides is 1. The zero-order chi connectivity index (χ0) is 13.1. The largest absolute Gasteiger partial charge is 0.460 e. The maximum absolute atomic E-state index is 11.9. The summed E-state index contributed by atoms with van der Waals surface area (Å²) < 4.78 is 10.2. The van der Waals surface area contributed by atoms with Gasteiger partial charge in [-0.05, 0) is 24.6 Å². The van der Waals surface area contributed by atoms with Crippen molar-refractivity contribution in [2.75, 3.05) is 6.61 Å². The van der Waals surface area contributed by atoms with E-state index < -0.39 is 5.97 Å². The van der Waals surface area contributed by atoms with Gasteiger partial charge in [0.15, 0.2) is 5.43 Å². The molecule has 1 aromatic carbocycles. The summed E-state index contributed by atoms with van der Waals surface area (Å²) in [6.45, 7) is 1.93. The number of carbonyl (C=O) groups excluding carboxylic acids is 1. The van der Waals surface area contributed by atoms with Crippen LogP contribution in [0.15, 0.2) is 33.5 Å². The first kappa shape index (κ1) is 12.8. The topological polar surface area (TPSA) is 56.5 Å². The monoisotopic (exact) mass is 310 g/mol. The van der Waals surface area contributed by atoms with Gasteiger partial charge in [-0.15, -0.1) is 0 Å². The minimum atomic E-state index is -0.624. The number of esters is 1. The molecule has 0 radical (unpaired) electrons. The Bertz CT molecular complexity index is 645.